The van der Waals surface area contributed by atoms with E-state index in [1.165, 1.54) is 0 Å². The summed E-state index contributed by atoms with van der Waals surface area (Å²) < 4.78 is 7.00. The maximum atomic E-state index is 12.7. The Hall–Kier alpha value is -3.44. The quantitative estimate of drug-likeness (QED) is 0.339. The molecular weight excluding hydrogens is 428 g/mol. The molecule has 0 aliphatic heterocycles. The molecule has 5 rings (SSSR count). The number of halogens is 1. The third-order valence-electron chi connectivity index (χ3n) is 4.77. The Kier molecular flexibility index (Phi) is 4.37. The summed E-state index contributed by atoms with van der Waals surface area (Å²) in [6.07, 6.45) is 0. The molecule has 140 valence electrons. The summed E-state index contributed by atoms with van der Waals surface area (Å²) >= 11 is 3.40. The second-order valence-electron chi connectivity index (χ2n) is 6.66. The highest BCUT2D eigenvalue weighted by Gasteiger charge is 2.16. The predicted molar refractivity (Wildman–Crippen MR) is 119 cm³/mol. The lowest BCUT2D eigenvalue weighted by molar-refractivity contribution is 0.102. The molecule has 5 heteroatoms. The molecule has 0 saturated heterocycles. The predicted octanol–water partition coefficient (Wildman–Crippen LogP) is 6.66. The van der Waals surface area contributed by atoms with Gasteiger partial charge in [-0.05, 0) is 41.8 Å². The van der Waals surface area contributed by atoms with Gasteiger partial charge in [0.15, 0.2) is 5.58 Å². The van der Waals surface area contributed by atoms with Gasteiger partial charge < -0.3 is 9.73 Å². The molecule has 29 heavy (non-hydrogen) atoms. The van der Waals surface area contributed by atoms with Crippen molar-refractivity contribution in [3.8, 4) is 11.5 Å². The fourth-order valence-corrected chi connectivity index (χ4v) is 3.77. The highest BCUT2D eigenvalue weighted by atomic mass is 79.9. The van der Waals surface area contributed by atoms with Crippen LogP contribution >= 0.6 is 15.9 Å². The second kappa shape index (κ2) is 7.18. The van der Waals surface area contributed by atoms with E-state index >= 15 is 0 Å². The van der Waals surface area contributed by atoms with E-state index in [-0.39, 0.29) is 5.91 Å². The Morgan fingerprint density at radius 2 is 1.72 bits per heavy atom. The van der Waals surface area contributed by atoms with Crippen LogP contribution in [0.4, 0.5) is 5.69 Å². The first-order chi connectivity index (χ1) is 14.2. The van der Waals surface area contributed by atoms with Crippen LogP contribution in [0.2, 0.25) is 0 Å². The van der Waals surface area contributed by atoms with Crippen molar-refractivity contribution in [2.24, 2.45) is 0 Å². The van der Waals surface area contributed by atoms with E-state index in [1.807, 2.05) is 72.8 Å². The van der Waals surface area contributed by atoms with Gasteiger partial charge in [-0.1, -0.05) is 64.5 Å². The van der Waals surface area contributed by atoms with Crippen LogP contribution in [0.3, 0.4) is 0 Å². The molecule has 1 amide bonds. The summed E-state index contributed by atoms with van der Waals surface area (Å²) in [5, 5.41) is 5.08. The number of anilines is 1. The zero-order chi connectivity index (χ0) is 19.8. The number of oxazole rings is 1. The minimum Gasteiger partial charge on any atom is -0.435 e. The van der Waals surface area contributed by atoms with Gasteiger partial charge in [-0.15, -0.1) is 0 Å². The van der Waals surface area contributed by atoms with Crippen LogP contribution < -0.4 is 5.32 Å². The van der Waals surface area contributed by atoms with Gasteiger partial charge in [-0.3, -0.25) is 4.79 Å². The zero-order valence-corrected chi connectivity index (χ0v) is 16.8. The van der Waals surface area contributed by atoms with Gasteiger partial charge in [0.2, 0.25) is 5.89 Å². The molecule has 0 unspecified atom stereocenters. The molecule has 4 aromatic carbocycles. The minimum absolute atomic E-state index is 0.194. The lowest BCUT2D eigenvalue weighted by Crippen LogP contribution is -2.12. The largest absolute Gasteiger partial charge is 0.435 e. The molecule has 0 aliphatic carbocycles. The molecule has 1 aromatic heterocycles. The van der Waals surface area contributed by atoms with Crippen molar-refractivity contribution in [2.45, 2.75) is 0 Å². The van der Waals surface area contributed by atoms with Gasteiger partial charge >= 0.3 is 0 Å². The average molecular weight is 443 g/mol. The molecule has 0 fully saturated rings. The fourth-order valence-electron chi connectivity index (χ4n) is 3.37. The summed E-state index contributed by atoms with van der Waals surface area (Å²) in [7, 11) is 0. The molecule has 0 aliphatic rings. The Morgan fingerprint density at radius 3 is 2.62 bits per heavy atom. The Bertz CT molecular complexity index is 1370. The van der Waals surface area contributed by atoms with Crippen molar-refractivity contribution >= 4 is 49.4 Å². The van der Waals surface area contributed by atoms with Gasteiger partial charge in [0.05, 0.1) is 11.3 Å². The van der Waals surface area contributed by atoms with Crippen LogP contribution in [0, 0.1) is 0 Å². The molecule has 0 spiro atoms. The van der Waals surface area contributed by atoms with Crippen molar-refractivity contribution in [1.82, 2.24) is 4.98 Å². The van der Waals surface area contributed by atoms with Crippen LogP contribution in [0.5, 0.6) is 0 Å². The SMILES string of the molecule is O=C(Nc1ccccc1-c1nc2ccc3ccccc3c2o1)c1cccc(Br)c1. The molecule has 0 saturated carbocycles. The number of amides is 1. The Morgan fingerprint density at radius 1 is 0.897 bits per heavy atom. The highest BCUT2D eigenvalue weighted by Crippen LogP contribution is 2.33. The maximum absolute atomic E-state index is 12.7. The average Bonchev–Trinajstić information content (AvgIpc) is 3.19. The van der Waals surface area contributed by atoms with E-state index in [2.05, 4.69) is 26.2 Å². The minimum atomic E-state index is -0.194. The number of nitrogens with zero attached hydrogens (tertiary/aromatic N) is 1. The molecule has 4 nitrogen and oxygen atoms in total. The van der Waals surface area contributed by atoms with Gasteiger partial charge in [0.1, 0.15) is 5.52 Å². The molecule has 1 N–H and O–H groups in total. The number of rotatable bonds is 3. The van der Waals surface area contributed by atoms with Gasteiger partial charge in [-0.2, -0.15) is 0 Å². The molecule has 0 bridgehead atoms. The Labute approximate surface area is 175 Å². The number of nitrogens with one attached hydrogen (secondary N) is 1. The Balaban J connectivity index is 1.57. The summed E-state index contributed by atoms with van der Waals surface area (Å²) in [6, 6.07) is 26.8. The van der Waals surface area contributed by atoms with E-state index < -0.39 is 0 Å². The van der Waals surface area contributed by atoms with E-state index in [1.54, 1.807) is 12.1 Å². The molecular formula is C24H15BrN2O2. The third kappa shape index (κ3) is 3.30. The number of aromatic nitrogens is 1. The number of fused-ring (bicyclic) bond motifs is 3. The lowest BCUT2D eigenvalue weighted by atomic mass is 10.1. The monoisotopic (exact) mass is 442 g/mol. The first kappa shape index (κ1) is 17.6. The van der Waals surface area contributed by atoms with Crippen LogP contribution in [0.1, 0.15) is 10.4 Å². The number of benzene rings is 4. The fraction of sp³-hybridized carbons (Fsp3) is 0. The maximum Gasteiger partial charge on any atom is 0.255 e. The molecule has 1 heterocycles. The molecule has 0 atom stereocenters. The van der Waals surface area contributed by atoms with Crippen molar-refractivity contribution in [3.63, 3.8) is 0 Å². The van der Waals surface area contributed by atoms with Gasteiger partial charge in [0.25, 0.3) is 5.91 Å². The number of carbonyl (C=O) groups is 1. The van der Waals surface area contributed by atoms with Crippen molar-refractivity contribution < 1.29 is 9.21 Å². The normalized spacial score (nSPS) is 11.1. The number of hydrogen-bond donors (Lipinski definition) is 1. The summed E-state index contributed by atoms with van der Waals surface area (Å²) in [5.41, 5.74) is 3.47. The van der Waals surface area contributed by atoms with E-state index in [4.69, 9.17) is 4.42 Å². The first-order valence-corrected chi connectivity index (χ1v) is 9.93. The summed E-state index contributed by atoms with van der Waals surface area (Å²) in [6.45, 7) is 0. The number of para-hydroxylation sites is 1. The molecule has 5 aromatic rings. The van der Waals surface area contributed by atoms with E-state index in [0.29, 0.717) is 17.1 Å². The van der Waals surface area contributed by atoms with Crippen molar-refractivity contribution in [3.05, 3.63) is 95.0 Å². The van der Waals surface area contributed by atoms with Gasteiger partial charge in [-0.25, -0.2) is 4.98 Å². The second-order valence-corrected chi connectivity index (χ2v) is 7.58. The number of carbonyl (C=O) groups excluding carboxylic acids is 1. The van der Waals surface area contributed by atoms with Crippen LogP contribution in [-0.4, -0.2) is 10.9 Å². The van der Waals surface area contributed by atoms with Crippen LogP contribution in [-0.2, 0) is 0 Å². The standard InChI is InChI=1S/C24H15BrN2O2/c25-17-8-5-7-16(14-17)23(28)26-20-11-4-3-10-19(20)24-27-21-13-12-15-6-1-2-9-18(15)22(21)29-24/h1-14H,(H,26,28). The molecule has 0 radical (unpaired) electrons. The smallest absolute Gasteiger partial charge is 0.255 e. The topological polar surface area (TPSA) is 55.1 Å². The van der Waals surface area contributed by atoms with Crippen LogP contribution in [0.15, 0.2) is 93.8 Å². The van der Waals surface area contributed by atoms with Gasteiger partial charge in [0, 0.05) is 15.4 Å². The summed E-state index contributed by atoms with van der Waals surface area (Å²) in [4.78, 5) is 17.4. The van der Waals surface area contributed by atoms with Crippen LogP contribution in [0.25, 0.3) is 33.3 Å². The van der Waals surface area contributed by atoms with E-state index in [9.17, 15) is 4.79 Å². The lowest BCUT2D eigenvalue weighted by Gasteiger charge is -2.09. The summed E-state index contributed by atoms with van der Waals surface area (Å²) in [5.74, 6) is 0.279. The first-order valence-electron chi connectivity index (χ1n) is 9.14. The van der Waals surface area contributed by atoms with E-state index in [0.717, 1.165) is 31.9 Å². The highest BCUT2D eigenvalue weighted by molar-refractivity contribution is 9.10. The van der Waals surface area contributed by atoms with Crippen molar-refractivity contribution in [2.75, 3.05) is 5.32 Å². The number of hydrogen-bond acceptors (Lipinski definition) is 3. The zero-order valence-electron chi connectivity index (χ0n) is 15.2. The van der Waals surface area contributed by atoms with Crippen molar-refractivity contribution in [1.29, 1.82) is 0 Å². The third-order valence-corrected chi connectivity index (χ3v) is 5.27.